The Morgan fingerprint density at radius 1 is 1.40 bits per heavy atom. The van der Waals surface area contributed by atoms with Crippen molar-refractivity contribution < 1.29 is 9.90 Å². The molecular weight excluding hydrogens is 258 g/mol. The lowest BCUT2D eigenvalue weighted by molar-refractivity contribution is -0.138. The summed E-state index contributed by atoms with van der Waals surface area (Å²) in [5.74, 6) is -0.282. The van der Waals surface area contributed by atoms with Gasteiger partial charge in [-0.2, -0.15) is 0 Å². The van der Waals surface area contributed by atoms with Gasteiger partial charge in [-0.15, -0.1) is 5.10 Å². The molecule has 0 aliphatic rings. The van der Waals surface area contributed by atoms with Crippen LogP contribution in [0.3, 0.4) is 0 Å². The van der Waals surface area contributed by atoms with E-state index in [0.717, 1.165) is 23.1 Å². The van der Waals surface area contributed by atoms with Crippen molar-refractivity contribution in [3.63, 3.8) is 0 Å². The largest absolute Gasteiger partial charge is 0.480 e. The lowest BCUT2D eigenvalue weighted by Gasteiger charge is -2.12. The number of nitrogens with two attached hydrogens (primary N) is 1. The fourth-order valence-electron chi connectivity index (χ4n) is 2.05. The van der Waals surface area contributed by atoms with Crippen LogP contribution >= 0.6 is 0 Å². The van der Waals surface area contributed by atoms with Crippen molar-refractivity contribution >= 4 is 5.97 Å². The summed E-state index contributed by atoms with van der Waals surface area (Å²) in [4.78, 5) is 10.9. The molecule has 0 fully saturated rings. The average Bonchev–Trinajstić information content (AvgIpc) is 2.90. The number of rotatable bonds is 6. The maximum Gasteiger partial charge on any atom is 0.320 e. The summed E-state index contributed by atoms with van der Waals surface area (Å²) in [6, 6.07) is 5.10. The topological polar surface area (TPSA) is 118 Å². The van der Waals surface area contributed by atoms with Gasteiger partial charge in [0.15, 0.2) is 0 Å². The molecule has 20 heavy (non-hydrogen) atoms. The normalized spacial score (nSPS) is 12.3. The number of H-pyrrole nitrogens is 1. The minimum Gasteiger partial charge on any atom is -0.480 e. The number of nitrogens with one attached hydrogen (secondary N) is 1. The van der Waals surface area contributed by atoms with Crippen molar-refractivity contribution in [1.82, 2.24) is 20.6 Å². The number of aliphatic carboxylic acids is 1. The van der Waals surface area contributed by atoms with Gasteiger partial charge in [-0.25, -0.2) is 5.10 Å². The van der Waals surface area contributed by atoms with Gasteiger partial charge in [0.2, 0.25) is 0 Å². The Bertz CT molecular complexity index is 582. The first-order valence-corrected chi connectivity index (χ1v) is 6.35. The van der Waals surface area contributed by atoms with Crippen molar-refractivity contribution in [2.45, 2.75) is 32.2 Å². The molecule has 106 valence electrons. The van der Waals surface area contributed by atoms with Gasteiger partial charge in [-0.1, -0.05) is 23.8 Å². The van der Waals surface area contributed by atoms with Crippen LogP contribution in [0.2, 0.25) is 0 Å². The first-order chi connectivity index (χ1) is 9.56. The Morgan fingerprint density at radius 3 is 2.85 bits per heavy atom. The van der Waals surface area contributed by atoms with E-state index in [1.54, 1.807) is 0 Å². The van der Waals surface area contributed by atoms with Gasteiger partial charge in [-0.05, 0) is 41.3 Å². The number of benzene rings is 1. The first kappa shape index (κ1) is 14.1. The van der Waals surface area contributed by atoms with E-state index in [1.807, 2.05) is 25.1 Å². The lowest BCUT2D eigenvalue weighted by atomic mass is 9.95. The zero-order valence-corrected chi connectivity index (χ0v) is 11.2. The maximum absolute atomic E-state index is 10.9. The van der Waals surface area contributed by atoms with Gasteiger partial charge in [0.1, 0.15) is 11.9 Å². The standard InChI is InChI=1S/C13H17N5O2/c1-8-2-3-9(4-5-12-15-17-18-16-12)10(6-8)7-11(14)13(19)20/h2-3,6,11H,4-5,7,14H2,1H3,(H,19,20)(H,15,16,17,18)/t11-/m0/s1. The highest BCUT2D eigenvalue weighted by molar-refractivity contribution is 5.73. The molecule has 1 aromatic carbocycles. The van der Waals surface area contributed by atoms with Crippen LogP contribution in [0, 0.1) is 6.92 Å². The molecule has 1 heterocycles. The maximum atomic E-state index is 10.9. The van der Waals surface area contributed by atoms with Crippen molar-refractivity contribution in [2.24, 2.45) is 5.73 Å². The highest BCUT2D eigenvalue weighted by Crippen LogP contribution is 2.15. The molecule has 0 spiro atoms. The molecule has 0 amide bonds. The third kappa shape index (κ3) is 3.61. The first-order valence-electron chi connectivity index (χ1n) is 6.35. The SMILES string of the molecule is Cc1ccc(CCc2nnn[nH]2)c(C[C@H](N)C(=O)O)c1. The van der Waals surface area contributed by atoms with E-state index in [2.05, 4.69) is 20.6 Å². The van der Waals surface area contributed by atoms with Gasteiger partial charge in [0.25, 0.3) is 0 Å². The molecule has 0 radical (unpaired) electrons. The molecule has 4 N–H and O–H groups in total. The molecule has 0 unspecified atom stereocenters. The molecule has 2 rings (SSSR count). The van der Waals surface area contributed by atoms with Gasteiger partial charge < -0.3 is 10.8 Å². The Kier molecular flexibility index (Phi) is 4.41. The molecule has 7 nitrogen and oxygen atoms in total. The number of tetrazole rings is 1. The number of carbonyl (C=O) groups is 1. The number of nitrogens with zero attached hydrogens (tertiary/aromatic N) is 3. The summed E-state index contributed by atoms with van der Waals surface area (Å²) in [6.45, 7) is 1.97. The van der Waals surface area contributed by atoms with Crippen molar-refractivity contribution in [2.75, 3.05) is 0 Å². The monoisotopic (exact) mass is 275 g/mol. The number of carboxylic acids is 1. The van der Waals surface area contributed by atoms with Gasteiger partial charge >= 0.3 is 5.97 Å². The number of aromatic amines is 1. The number of aryl methyl sites for hydroxylation is 3. The van der Waals surface area contributed by atoms with E-state index >= 15 is 0 Å². The van der Waals surface area contributed by atoms with Crippen LogP contribution in [0.4, 0.5) is 0 Å². The number of hydrogen-bond donors (Lipinski definition) is 3. The van der Waals surface area contributed by atoms with Crippen molar-refractivity contribution in [1.29, 1.82) is 0 Å². The fourth-order valence-corrected chi connectivity index (χ4v) is 2.05. The second kappa shape index (κ2) is 6.25. The highest BCUT2D eigenvalue weighted by Gasteiger charge is 2.15. The molecule has 1 atom stereocenters. The third-order valence-corrected chi connectivity index (χ3v) is 3.14. The quantitative estimate of drug-likeness (QED) is 0.695. The van der Waals surface area contributed by atoms with Crippen LogP contribution < -0.4 is 5.73 Å². The molecule has 0 saturated heterocycles. The van der Waals surface area contributed by atoms with Crippen molar-refractivity contribution in [3.8, 4) is 0 Å². The highest BCUT2D eigenvalue weighted by atomic mass is 16.4. The van der Waals surface area contributed by atoms with Crippen LogP contribution in [-0.4, -0.2) is 37.7 Å². The minimum absolute atomic E-state index is 0.320. The lowest BCUT2D eigenvalue weighted by Crippen LogP contribution is -2.32. The minimum atomic E-state index is -0.989. The summed E-state index contributed by atoms with van der Waals surface area (Å²) < 4.78 is 0. The molecular formula is C13H17N5O2. The molecule has 7 heteroatoms. The zero-order valence-electron chi connectivity index (χ0n) is 11.2. The van der Waals surface area contributed by atoms with Crippen LogP contribution in [0.15, 0.2) is 18.2 Å². The van der Waals surface area contributed by atoms with E-state index in [1.165, 1.54) is 0 Å². The van der Waals surface area contributed by atoms with Crippen molar-refractivity contribution in [3.05, 3.63) is 40.7 Å². The molecule has 0 saturated carbocycles. The van der Waals surface area contributed by atoms with E-state index in [4.69, 9.17) is 10.8 Å². The van der Waals surface area contributed by atoms with Crippen LogP contribution in [0.5, 0.6) is 0 Å². The Balaban J connectivity index is 2.12. The summed E-state index contributed by atoms with van der Waals surface area (Å²) in [5.41, 5.74) is 8.74. The molecule has 0 aliphatic heterocycles. The van der Waals surface area contributed by atoms with Gasteiger partial charge in [0.05, 0.1) is 0 Å². The molecule has 0 bridgehead atoms. The van der Waals surface area contributed by atoms with Crippen LogP contribution in [0.25, 0.3) is 0 Å². The number of carboxylic acid groups (broad SMARTS) is 1. The van der Waals surface area contributed by atoms with E-state index in [9.17, 15) is 4.79 Å². The fraction of sp³-hybridized carbons (Fsp3) is 0.385. The second-order valence-corrected chi connectivity index (χ2v) is 4.77. The number of aromatic nitrogens is 4. The van der Waals surface area contributed by atoms with Crippen LogP contribution in [0.1, 0.15) is 22.5 Å². The van der Waals surface area contributed by atoms with Crippen LogP contribution in [-0.2, 0) is 24.1 Å². The Hall–Kier alpha value is -2.28. The molecule has 2 aromatic rings. The zero-order chi connectivity index (χ0) is 14.5. The summed E-state index contributed by atoms with van der Waals surface area (Å²) >= 11 is 0. The van der Waals surface area contributed by atoms with E-state index < -0.39 is 12.0 Å². The number of hydrogen-bond acceptors (Lipinski definition) is 5. The van der Waals surface area contributed by atoms with Gasteiger partial charge in [-0.3, -0.25) is 4.79 Å². The Morgan fingerprint density at radius 2 is 2.20 bits per heavy atom. The molecule has 1 aromatic heterocycles. The second-order valence-electron chi connectivity index (χ2n) is 4.77. The predicted molar refractivity (Wildman–Crippen MR) is 72.1 cm³/mol. The van der Waals surface area contributed by atoms with E-state index in [0.29, 0.717) is 18.7 Å². The smallest absolute Gasteiger partial charge is 0.320 e. The molecule has 0 aliphatic carbocycles. The summed E-state index contributed by atoms with van der Waals surface area (Å²) in [7, 11) is 0. The Labute approximate surface area is 116 Å². The summed E-state index contributed by atoms with van der Waals surface area (Å²) in [5, 5.41) is 22.5. The van der Waals surface area contributed by atoms with E-state index in [-0.39, 0.29) is 0 Å². The average molecular weight is 275 g/mol. The van der Waals surface area contributed by atoms with Gasteiger partial charge in [0, 0.05) is 6.42 Å². The summed E-state index contributed by atoms with van der Waals surface area (Å²) in [6.07, 6.45) is 1.73. The third-order valence-electron chi connectivity index (χ3n) is 3.14. The predicted octanol–water partition coefficient (Wildman–Crippen LogP) is 0.248.